The average molecular weight is 470 g/mol. The monoisotopic (exact) mass is 469 g/mol. The van der Waals surface area contributed by atoms with Crippen LogP contribution in [0.1, 0.15) is 23.2 Å². The molecule has 6 rings (SSSR count). The van der Waals surface area contributed by atoms with Crippen molar-refractivity contribution in [1.82, 2.24) is 24.1 Å². The normalized spacial score (nSPS) is 15.6. The standard InChI is InChI=1S/C26H23N5O4/c32-24(19-5-3-18(4-6-19)20-7-8-23-21(14-20)27-17-35-23)29-12-9-26(34,10-13-29)15-30-16-28-31-11-1-2-22(31)25(30)33/h1-8,11,14,16-17,34H,9-10,12-13,15H2. The second kappa shape index (κ2) is 8.21. The van der Waals surface area contributed by atoms with Crippen LogP contribution in [0.2, 0.25) is 0 Å². The maximum Gasteiger partial charge on any atom is 0.277 e. The molecule has 1 amide bonds. The lowest BCUT2D eigenvalue weighted by molar-refractivity contribution is -0.0300. The summed E-state index contributed by atoms with van der Waals surface area (Å²) < 4.78 is 8.26. The minimum atomic E-state index is -1.07. The second-order valence-electron chi connectivity index (χ2n) is 9.03. The minimum absolute atomic E-state index is 0.0704. The first-order chi connectivity index (χ1) is 17.0. The number of oxazole rings is 1. The Hall–Kier alpha value is -4.24. The molecule has 0 atom stereocenters. The van der Waals surface area contributed by atoms with Crippen LogP contribution in [0.4, 0.5) is 0 Å². The van der Waals surface area contributed by atoms with E-state index in [9.17, 15) is 14.7 Å². The number of piperidine rings is 1. The van der Waals surface area contributed by atoms with E-state index in [0.717, 1.165) is 22.2 Å². The Morgan fingerprint density at radius 1 is 1.06 bits per heavy atom. The van der Waals surface area contributed by atoms with Gasteiger partial charge in [-0.2, -0.15) is 5.10 Å². The van der Waals surface area contributed by atoms with E-state index in [0.29, 0.717) is 37.0 Å². The molecular formula is C26H23N5O4. The first-order valence-electron chi connectivity index (χ1n) is 11.5. The van der Waals surface area contributed by atoms with Gasteiger partial charge in [-0.25, -0.2) is 9.50 Å². The van der Waals surface area contributed by atoms with Gasteiger partial charge in [-0.1, -0.05) is 18.2 Å². The summed E-state index contributed by atoms with van der Waals surface area (Å²) in [5.74, 6) is -0.0704. The summed E-state index contributed by atoms with van der Waals surface area (Å²) in [5.41, 5.74) is 3.30. The number of hydrogen-bond donors (Lipinski definition) is 1. The van der Waals surface area contributed by atoms with Crippen LogP contribution in [0.3, 0.4) is 0 Å². The largest absolute Gasteiger partial charge is 0.443 e. The molecule has 9 heteroatoms. The van der Waals surface area contributed by atoms with Crippen molar-refractivity contribution >= 4 is 22.5 Å². The fourth-order valence-corrected chi connectivity index (χ4v) is 4.70. The van der Waals surface area contributed by atoms with Gasteiger partial charge in [0.2, 0.25) is 0 Å². The van der Waals surface area contributed by atoms with E-state index >= 15 is 0 Å². The Bertz CT molecular complexity index is 1590. The van der Waals surface area contributed by atoms with Crippen molar-refractivity contribution in [3.63, 3.8) is 0 Å². The molecule has 1 N–H and O–H groups in total. The molecule has 1 aliphatic rings. The van der Waals surface area contributed by atoms with Gasteiger partial charge in [0.25, 0.3) is 11.5 Å². The van der Waals surface area contributed by atoms with Gasteiger partial charge in [0.15, 0.2) is 12.0 Å². The number of fused-ring (bicyclic) bond motifs is 2. The molecule has 5 aromatic rings. The summed E-state index contributed by atoms with van der Waals surface area (Å²) in [6, 6.07) is 16.8. The number of aromatic nitrogens is 4. The maximum atomic E-state index is 13.1. The fraction of sp³-hybridized carbons (Fsp3) is 0.231. The molecule has 0 spiro atoms. The topological polar surface area (TPSA) is 106 Å². The lowest BCUT2D eigenvalue weighted by Gasteiger charge is -2.38. The van der Waals surface area contributed by atoms with Crippen LogP contribution in [-0.4, -0.2) is 53.8 Å². The molecule has 1 aliphatic heterocycles. The summed E-state index contributed by atoms with van der Waals surface area (Å²) >= 11 is 0. The van der Waals surface area contributed by atoms with Gasteiger partial charge in [-0.3, -0.25) is 14.2 Å². The van der Waals surface area contributed by atoms with Crippen LogP contribution in [0, 0.1) is 0 Å². The van der Waals surface area contributed by atoms with Gasteiger partial charge in [-0.05, 0) is 60.4 Å². The Labute approximate surface area is 199 Å². The van der Waals surface area contributed by atoms with Gasteiger partial charge in [0.05, 0.1) is 12.1 Å². The summed E-state index contributed by atoms with van der Waals surface area (Å²) in [7, 11) is 0. The molecule has 0 unspecified atom stereocenters. The van der Waals surface area contributed by atoms with E-state index < -0.39 is 5.60 Å². The van der Waals surface area contributed by atoms with Crippen LogP contribution < -0.4 is 5.56 Å². The van der Waals surface area contributed by atoms with Crippen LogP contribution in [0.5, 0.6) is 0 Å². The number of carbonyl (C=O) groups excluding carboxylic acids is 1. The summed E-state index contributed by atoms with van der Waals surface area (Å²) in [6.07, 6.45) is 5.35. The predicted molar refractivity (Wildman–Crippen MR) is 129 cm³/mol. The van der Waals surface area contributed by atoms with Crippen molar-refractivity contribution in [3.05, 3.63) is 89.4 Å². The van der Waals surface area contributed by atoms with Crippen LogP contribution in [0.15, 0.2) is 82.7 Å². The number of nitrogens with zero attached hydrogens (tertiary/aromatic N) is 5. The second-order valence-corrected chi connectivity index (χ2v) is 9.03. The molecule has 0 saturated carbocycles. The lowest BCUT2D eigenvalue weighted by atomic mass is 9.90. The molecule has 176 valence electrons. The summed E-state index contributed by atoms with van der Waals surface area (Å²) in [5, 5.41) is 15.3. The van der Waals surface area contributed by atoms with E-state index in [-0.39, 0.29) is 18.0 Å². The highest BCUT2D eigenvalue weighted by Crippen LogP contribution is 2.27. The predicted octanol–water partition coefficient (Wildman–Crippen LogP) is 2.97. The summed E-state index contributed by atoms with van der Waals surface area (Å²) in [6.45, 7) is 0.970. The van der Waals surface area contributed by atoms with E-state index in [1.165, 1.54) is 21.8 Å². The number of hydrogen-bond acceptors (Lipinski definition) is 6. The summed E-state index contributed by atoms with van der Waals surface area (Å²) in [4.78, 5) is 31.7. The molecule has 3 aromatic heterocycles. The van der Waals surface area contributed by atoms with Crippen LogP contribution in [-0.2, 0) is 6.54 Å². The van der Waals surface area contributed by atoms with Crippen LogP contribution >= 0.6 is 0 Å². The van der Waals surface area contributed by atoms with E-state index in [1.807, 2.05) is 42.5 Å². The van der Waals surface area contributed by atoms with E-state index in [1.54, 1.807) is 23.2 Å². The van der Waals surface area contributed by atoms with Gasteiger partial charge >= 0.3 is 0 Å². The minimum Gasteiger partial charge on any atom is -0.443 e. The molecule has 1 saturated heterocycles. The Morgan fingerprint density at radius 3 is 2.63 bits per heavy atom. The number of likely N-dealkylation sites (tertiary alicyclic amines) is 1. The molecule has 0 aliphatic carbocycles. The number of aliphatic hydroxyl groups is 1. The molecule has 0 bridgehead atoms. The Balaban J connectivity index is 1.12. The van der Waals surface area contributed by atoms with Crippen molar-refractivity contribution in [3.8, 4) is 11.1 Å². The van der Waals surface area contributed by atoms with E-state index in [4.69, 9.17) is 4.42 Å². The van der Waals surface area contributed by atoms with Gasteiger partial charge in [-0.15, -0.1) is 0 Å². The Morgan fingerprint density at radius 2 is 1.83 bits per heavy atom. The van der Waals surface area contributed by atoms with Crippen molar-refractivity contribution in [2.75, 3.05) is 13.1 Å². The van der Waals surface area contributed by atoms with Crippen LogP contribution in [0.25, 0.3) is 27.7 Å². The first kappa shape index (κ1) is 21.3. The van der Waals surface area contributed by atoms with Gasteiger partial charge < -0.3 is 14.4 Å². The number of amides is 1. The zero-order valence-electron chi connectivity index (χ0n) is 18.9. The molecule has 1 fully saturated rings. The lowest BCUT2D eigenvalue weighted by Crippen LogP contribution is -2.49. The number of carbonyl (C=O) groups is 1. The highest BCUT2D eigenvalue weighted by atomic mass is 16.3. The quantitative estimate of drug-likeness (QED) is 0.434. The van der Waals surface area contributed by atoms with Crippen molar-refractivity contribution in [2.45, 2.75) is 25.0 Å². The molecule has 0 radical (unpaired) electrons. The van der Waals surface area contributed by atoms with Gasteiger partial charge in [0, 0.05) is 24.8 Å². The SMILES string of the molecule is O=C(c1ccc(-c2ccc3ocnc3c2)cc1)N1CCC(O)(Cn2cnn3cccc3c2=O)CC1. The third-order valence-electron chi connectivity index (χ3n) is 6.77. The molecule has 35 heavy (non-hydrogen) atoms. The van der Waals surface area contributed by atoms with Crippen molar-refractivity contribution in [2.24, 2.45) is 0 Å². The fourth-order valence-electron chi connectivity index (χ4n) is 4.70. The zero-order chi connectivity index (χ0) is 24.0. The number of rotatable bonds is 4. The average Bonchev–Trinajstić information content (AvgIpc) is 3.55. The van der Waals surface area contributed by atoms with Crippen molar-refractivity contribution < 1.29 is 14.3 Å². The highest BCUT2D eigenvalue weighted by molar-refractivity contribution is 5.95. The molecular weight excluding hydrogens is 446 g/mol. The third kappa shape index (κ3) is 3.89. The maximum absolute atomic E-state index is 13.1. The Kier molecular flexibility index (Phi) is 5.00. The van der Waals surface area contributed by atoms with E-state index in [2.05, 4.69) is 10.1 Å². The van der Waals surface area contributed by atoms with Gasteiger partial charge in [0.1, 0.15) is 17.4 Å². The smallest absolute Gasteiger partial charge is 0.277 e. The first-order valence-corrected chi connectivity index (χ1v) is 11.5. The van der Waals surface area contributed by atoms with Crippen molar-refractivity contribution in [1.29, 1.82) is 0 Å². The molecule has 2 aromatic carbocycles. The molecule has 9 nitrogen and oxygen atoms in total. The highest BCUT2D eigenvalue weighted by Gasteiger charge is 2.35. The number of benzene rings is 2. The zero-order valence-corrected chi connectivity index (χ0v) is 18.9. The third-order valence-corrected chi connectivity index (χ3v) is 6.77. The molecule has 4 heterocycles.